The van der Waals surface area contributed by atoms with Gasteiger partial charge in [0.25, 0.3) is 23.6 Å². The van der Waals surface area contributed by atoms with Gasteiger partial charge in [-0.3, -0.25) is 57.7 Å². The van der Waals surface area contributed by atoms with Gasteiger partial charge in [0.1, 0.15) is 29.9 Å². The average Bonchev–Trinajstić information content (AvgIpc) is 1.04. The lowest BCUT2D eigenvalue weighted by atomic mass is 9.81. The standard InChI is InChI=1S/C44H50N4O6S.C36H42N4O5S/c1-45-40(49)38(27-30-13-5-3-6-14-30)47-26-24-33(32-15-7-4-8-16-32)28-37(44(47)53)46-41(50)39(55-29-31-20-22-34(54-2)23-21-31)19-11-12-25-48-42(51)35-17-9-10-18-36(35)43(48)52;1-37-32(41)30(22-24-12-4-2-5-13-24)39-21-19-26(25-14-6-3-7-15-25)23-29(36(39)45)38-33(42)31(46)18-10-11-20-40-34(43)27-16-8-9-17-28(27)35(40)44/h3-10,13-15,17-18,20-23,32-33,37-39H,11-12,16,19,24-29H2,1-2H3,(H,45,49)(H,46,50);2-9,12-14,16-17,25-26,29-31,46H,10-11,15,18-23H2,1H3,(H,37,41)(H,38,42)/t32-,33?,37?,38-,39?;25-,26?,29?,30-,31?/m00/s1. The molecule has 6 aliphatic rings. The number of imide groups is 2. The van der Waals surface area contributed by atoms with Crippen molar-refractivity contribution in [1.82, 2.24) is 40.9 Å². The van der Waals surface area contributed by atoms with Crippen LogP contribution in [0, 0.1) is 23.7 Å². The molecule has 10 amide bonds. The first-order valence-corrected chi connectivity index (χ1v) is 36.8. The first kappa shape index (κ1) is 74.4. The molecule has 4 N–H and O–H groups in total. The highest BCUT2D eigenvalue weighted by atomic mass is 32.2. The summed E-state index contributed by atoms with van der Waals surface area (Å²) in [5.74, 6) is -0.746. The maximum atomic E-state index is 14.6. The fourth-order valence-electron chi connectivity index (χ4n) is 14.5. The molecule has 2 fully saturated rings. The van der Waals surface area contributed by atoms with E-state index < -0.39 is 34.7 Å². The number of carbonyl (C=O) groups is 10. The second-order valence-electron chi connectivity index (χ2n) is 26.6. The summed E-state index contributed by atoms with van der Waals surface area (Å²) in [5, 5.41) is 10.5. The van der Waals surface area contributed by atoms with Crippen LogP contribution >= 0.6 is 24.4 Å². The zero-order valence-corrected chi connectivity index (χ0v) is 59.4. The average molecular weight is 1410 g/mol. The molecule has 101 heavy (non-hydrogen) atoms. The number of hydrogen-bond donors (Lipinski definition) is 5. The quantitative estimate of drug-likeness (QED) is 0.0179. The Morgan fingerprint density at radius 3 is 1.33 bits per heavy atom. The van der Waals surface area contributed by atoms with Crippen LogP contribution in [-0.4, -0.2) is 161 Å². The summed E-state index contributed by atoms with van der Waals surface area (Å²) in [6.45, 7) is 1.34. The molecule has 10 atom stereocenters. The van der Waals surface area contributed by atoms with Crippen molar-refractivity contribution in [2.45, 2.75) is 130 Å². The Labute approximate surface area is 601 Å². The van der Waals surface area contributed by atoms with Gasteiger partial charge in [0.2, 0.25) is 35.4 Å². The number of methoxy groups -OCH3 is 1. The molecule has 0 bridgehead atoms. The molecule has 6 unspecified atom stereocenters. The lowest BCUT2D eigenvalue weighted by molar-refractivity contribution is -0.142. The van der Waals surface area contributed by atoms with Crippen molar-refractivity contribution in [3.05, 3.63) is 221 Å². The lowest BCUT2D eigenvalue weighted by Gasteiger charge is -2.32. The molecule has 2 aliphatic carbocycles. The normalized spacial score (nSPS) is 21.3. The minimum atomic E-state index is -0.815. The number of fused-ring (bicyclic) bond motifs is 2. The van der Waals surface area contributed by atoms with Gasteiger partial charge in [-0.15, -0.1) is 11.8 Å². The highest BCUT2D eigenvalue weighted by Gasteiger charge is 2.43. The van der Waals surface area contributed by atoms with E-state index in [1.165, 1.54) is 21.6 Å². The highest BCUT2D eigenvalue weighted by molar-refractivity contribution is 7.99. The molecule has 11 rings (SSSR count). The number of unbranched alkanes of at least 4 members (excludes halogenated alkanes) is 2. The fourth-order valence-corrected chi connectivity index (χ4v) is 15.9. The largest absolute Gasteiger partial charge is 0.497 e. The minimum absolute atomic E-state index is 0.118. The Kier molecular flexibility index (Phi) is 26.7. The second-order valence-corrected chi connectivity index (χ2v) is 28.4. The zero-order valence-electron chi connectivity index (χ0n) is 57.7. The predicted molar refractivity (Wildman–Crippen MR) is 394 cm³/mol. The number of nitrogens with one attached hydrogen (secondary N) is 4. The number of amides is 10. The van der Waals surface area contributed by atoms with Gasteiger partial charge < -0.3 is 35.8 Å². The molecule has 19 nitrogen and oxygen atoms in total. The van der Waals surface area contributed by atoms with Gasteiger partial charge in [0.15, 0.2) is 0 Å². The summed E-state index contributed by atoms with van der Waals surface area (Å²) in [5.41, 5.74) is 4.59. The van der Waals surface area contributed by atoms with E-state index in [-0.39, 0.29) is 95.8 Å². The van der Waals surface area contributed by atoms with Crippen molar-refractivity contribution in [2.24, 2.45) is 23.7 Å². The van der Waals surface area contributed by atoms with E-state index >= 15 is 0 Å². The second kappa shape index (κ2) is 36.3. The Morgan fingerprint density at radius 2 is 0.921 bits per heavy atom. The molecule has 5 aromatic carbocycles. The predicted octanol–water partition coefficient (Wildman–Crippen LogP) is 9.94. The molecule has 2 saturated heterocycles. The Morgan fingerprint density at radius 1 is 0.505 bits per heavy atom. The monoisotopic (exact) mass is 1400 g/mol. The van der Waals surface area contributed by atoms with Crippen LogP contribution in [0.3, 0.4) is 0 Å². The van der Waals surface area contributed by atoms with Crippen molar-refractivity contribution in [3.63, 3.8) is 0 Å². The smallest absolute Gasteiger partial charge is 0.261 e. The van der Waals surface area contributed by atoms with Crippen LogP contribution in [0.25, 0.3) is 0 Å². The molecular formula is C80H92N8O11S2. The summed E-state index contributed by atoms with van der Waals surface area (Å²) in [6.07, 6.45) is 24.6. The van der Waals surface area contributed by atoms with Crippen LogP contribution < -0.4 is 26.0 Å². The first-order valence-electron chi connectivity index (χ1n) is 35.3. The number of allylic oxidation sites excluding steroid dienone is 8. The number of thioether (sulfide) groups is 1. The molecule has 0 radical (unpaired) electrons. The third-order valence-corrected chi connectivity index (χ3v) is 22.0. The van der Waals surface area contributed by atoms with E-state index in [0.29, 0.717) is 118 Å². The Bertz CT molecular complexity index is 3830. The molecular weight excluding hydrogens is 1310 g/mol. The van der Waals surface area contributed by atoms with E-state index in [9.17, 15) is 47.9 Å². The van der Waals surface area contributed by atoms with Gasteiger partial charge in [-0.05, 0) is 141 Å². The SMILES string of the molecule is CNC(=O)[C@H](Cc1ccccc1)N1CCC([C@H]2C=CC=CC2)CC(NC(=O)C(CCCCN2C(=O)c3ccccc3C2=O)SCc2ccc(OC)cc2)C1=O.CNC(=O)[C@H](Cc1ccccc1)N1CCC([C@H]2C=CC=CC2)CC(NC(=O)C(S)CCCCN2C(=O)c3ccccc3C2=O)C1=O. The molecule has 5 aromatic rings. The maximum absolute atomic E-state index is 14.6. The lowest BCUT2D eigenvalue weighted by Crippen LogP contribution is -2.56. The van der Waals surface area contributed by atoms with Crippen molar-refractivity contribution < 1.29 is 52.7 Å². The summed E-state index contributed by atoms with van der Waals surface area (Å²) in [4.78, 5) is 140. The molecule has 4 aliphatic heterocycles. The number of likely N-dealkylation sites (N-methyl/N-ethyl adjacent to an activating group) is 2. The number of nitrogens with zero attached hydrogens (tertiary/aromatic N) is 4. The molecule has 0 aromatic heterocycles. The summed E-state index contributed by atoms with van der Waals surface area (Å²) >= 11 is 6.07. The van der Waals surface area contributed by atoms with E-state index in [1.807, 2.05) is 109 Å². The van der Waals surface area contributed by atoms with Crippen LogP contribution in [0.4, 0.5) is 0 Å². The molecule has 0 saturated carbocycles. The van der Waals surface area contributed by atoms with Crippen molar-refractivity contribution in [3.8, 4) is 5.75 Å². The van der Waals surface area contributed by atoms with E-state index in [4.69, 9.17) is 4.74 Å². The molecule has 4 heterocycles. The molecule has 21 heteroatoms. The summed E-state index contributed by atoms with van der Waals surface area (Å²) < 4.78 is 5.32. The molecule has 530 valence electrons. The van der Waals surface area contributed by atoms with Crippen LogP contribution in [0.1, 0.15) is 135 Å². The first-order chi connectivity index (χ1) is 49.0. The van der Waals surface area contributed by atoms with E-state index in [1.54, 1.807) is 79.5 Å². The Hall–Kier alpha value is -9.34. The van der Waals surface area contributed by atoms with Crippen LogP contribution in [0.2, 0.25) is 0 Å². The van der Waals surface area contributed by atoms with Gasteiger partial charge in [-0.2, -0.15) is 12.6 Å². The van der Waals surface area contributed by atoms with Crippen molar-refractivity contribution in [2.75, 3.05) is 47.4 Å². The summed E-state index contributed by atoms with van der Waals surface area (Å²) in [6, 6.07) is 37.6. The minimum Gasteiger partial charge on any atom is -0.497 e. The number of hydrogen-bond acceptors (Lipinski definition) is 13. The number of benzene rings is 5. The van der Waals surface area contributed by atoms with Crippen LogP contribution in [-0.2, 0) is 47.4 Å². The number of thiol groups is 1. The maximum Gasteiger partial charge on any atom is 0.261 e. The van der Waals surface area contributed by atoms with Gasteiger partial charge in [0, 0.05) is 58.9 Å². The third kappa shape index (κ3) is 19.0. The number of carbonyl (C=O) groups excluding carboxylic acids is 10. The fraction of sp³-hybridized carbons (Fsp3) is 0.400. The van der Waals surface area contributed by atoms with Crippen LogP contribution in [0.5, 0.6) is 5.75 Å². The third-order valence-electron chi connectivity index (χ3n) is 20.2. The van der Waals surface area contributed by atoms with Gasteiger partial charge in [-0.25, -0.2) is 0 Å². The van der Waals surface area contributed by atoms with Crippen molar-refractivity contribution in [1.29, 1.82) is 0 Å². The Balaban J connectivity index is 0.000000221. The summed E-state index contributed by atoms with van der Waals surface area (Å²) in [7, 11) is 4.78. The van der Waals surface area contributed by atoms with E-state index in [2.05, 4.69) is 58.2 Å². The van der Waals surface area contributed by atoms with Gasteiger partial charge in [0.05, 0.1) is 39.9 Å². The number of ether oxygens (including phenoxy) is 1. The topological polar surface area (TPSA) is 241 Å². The number of rotatable bonds is 28. The van der Waals surface area contributed by atoms with Gasteiger partial charge >= 0.3 is 0 Å². The zero-order chi connectivity index (χ0) is 71.4. The van der Waals surface area contributed by atoms with Gasteiger partial charge in [-0.1, -0.05) is 159 Å². The van der Waals surface area contributed by atoms with E-state index in [0.717, 1.165) is 35.3 Å². The highest BCUT2D eigenvalue weighted by Crippen LogP contribution is 2.36. The number of likely N-dealkylation sites (tertiary alicyclic amines) is 2. The van der Waals surface area contributed by atoms with Crippen LogP contribution in [0.15, 0.2) is 182 Å². The van der Waals surface area contributed by atoms with Crippen molar-refractivity contribution >= 4 is 83.5 Å². The molecule has 0 spiro atoms.